The Balaban J connectivity index is 5.54. The SMILES string of the molecule is CCC(=O)CN(CCN(CCN(CC(=O)NC)CC(=O)NCN(C)C)CC(=O)NCN(C)C)CC(=O)NCN(C)C. The average molecular weight is 587 g/mol. The van der Waals surface area contributed by atoms with Gasteiger partial charge in [-0.2, -0.15) is 0 Å². The lowest BCUT2D eigenvalue weighted by Crippen LogP contribution is -2.49. The number of likely N-dealkylation sites (N-methyl/N-ethyl adjacent to an activating group) is 1. The summed E-state index contributed by atoms with van der Waals surface area (Å²) in [5.41, 5.74) is 0. The normalized spacial score (nSPS) is 11.6. The highest BCUT2D eigenvalue weighted by molar-refractivity contribution is 5.82. The van der Waals surface area contributed by atoms with Crippen LogP contribution in [0.25, 0.3) is 0 Å². The van der Waals surface area contributed by atoms with E-state index in [0.717, 1.165) is 0 Å². The van der Waals surface area contributed by atoms with E-state index in [1.54, 1.807) is 16.7 Å². The van der Waals surface area contributed by atoms with Crippen LogP contribution in [0.1, 0.15) is 13.3 Å². The number of amides is 4. The maximum absolute atomic E-state index is 12.7. The average Bonchev–Trinajstić information content (AvgIpc) is 2.90. The van der Waals surface area contributed by atoms with E-state index in [1.165, 1.54) is 7.05 Å². The number of carbonyl (C=O) groups excluding carboxylic acids is 5. The number of hydrogen-bond acceptors (Lipinski definition) is 11. The van der Waals surface area contributed by atoms with Crippen LogP contribution in [0.4, 0.5) is 0 Å². The van der Waals surface area contributed by atoms with Crippen LogP contribution in [-0.4, -0.2) is 187 Å². The van der Waals surface area contributed by atoms with Gasteiger partial charge in [-0.1, -0.05) is 6.92 Å². The zero-order chi connectivity index (χ0) is 31.4. The Hall–Kier alpha value is -2.69. The Kier molecular flexibility index (Phi) is 20.5. The van der Waals surface area contributed by atoms with Crippen molar-refractivity contribution in [2.24, 2.45) is 0 Å². The van der Waals surface area contributed by atoms with E-state index < -0.39 is 0 Å². The molecule has 0 unspecified atom stereocenters. The highest BCUT2D eigenvalue weighted by atomic mass is 16.2. The highest BCUT2D eigenvalue weighted by Crippen LogP contribution is 1.99. The molecule has 15 heteroatoms. The van der Waals surface area contributed by atoms with Gasteiger partial charge in [-0.05, 0) is 42.3 Å². The molecule has 0 rings (SSSR count). The molecule has 0 aliphatic carbocycles. The van der Waals surface area contributed by atoms with Gasteiger partial charge in [0, 0.05) is 39.6 Å². The van der Waals surface area contributed by atoms with Crippen LogP contribution in [0.3, 0.4) is 0 Å². The summed E-state index contributed by atoms with van der Waals surface area (Å²) < 4.78 is 0. The Morgan fingerprint density at radius 2 is 0.805 bits per heavy atom. The predicted molar refractivity (Wildman–Crippen MR) is 159 cm³/mol. The number of rotatable bonds is 23. The zero-order valence-corrected chi connectivity index (χ0v) is 26.4. The smallest absolute Gasteiger partial charge is 0.235 e. The first-order chi connectivity index (χ1) is 19.2. The molecule has 4 amide bonds. The van der Waals surface area contributed by atoms with Crippen molar-refractivity contribution in [2.75, 3.05) is 128 Å². The van der Waals surface area contributed by atoms with Crippen molar-refractivity contribution in [3.8, 4) is 0 Å². The van der Waals surface area contributed by atoms with Crippen molar-refractivity contribution < 1.29 is 24.0 Å². The second-order valence-electron chi connectivity index (χ2n) is 10.8. The molecule has 0 saturated heterocycles. The number of carbonyl (C=O) groups is 5. The third-order valence-electron chi connectivity index (χ3n) is 5.78. The summed E-state index contributed by atoms with van der Waals surface area (Å²) in [5, 5.41) is 11.1. The Labute approximate surface area is 245 Å². The van der Waals surface area contributed by atoms with Crippen molar-refractivity contribution in [2.45, 2.75) is 13.3 Å². The van der Waals surface area contributed by atoms with Gasteiger partial charge in [0.2, 0.25) is 23.6 Å². The number of hydrogen-bond donors (Lipinski definition) is 4. The van der Waals surface area contributed by atoms with E-state index in [0.29, 0.717) is 52.6 Å². The van der Waals surface area contributed by atoms with Gasteiger partial charge in [-0.15, -0.1) is 0 Å². The molecule has 0 radical (unpaired) electrons. The summed E-state index contributed by atoms with van der Waals surface area (Å²) in [6.07, 6.45) is 0.358. The topological polar surface area (TPSA) is 153 Å². The molecule has 4 N–H and O–H groups in total. The van der Waals surface area contributed by atoms with Gasteiger partial charge in [0.1, 0.15) is 5.78 Å². The number of Topliss-reactive ketones (excluding diaryl/α,β-unsaturated/α-hetero) is 1. The molecular formula is C26H54N10O5. The predicted octanol–water partition coefficient (Wildman–Crippen LogP) is -3.48. The van der Waals surface area contributed by atoms with Crippen LogP contribution in [0.5, 0.6) is 0 Å². The summed E-state index contributed by atoms with van der Waals surface area (Å²) in [6.45, 7) is 4.73. The Morgan fingerprint density at radius 1 is 0.488 bits per heavy atom. The van der Waals surface area contributed by atoms with Crippen molar-refractivity contribution in [1.29, 1.82) is 0 Å². The van der Waals surface area contributed by atoms with Crippen molar-refractivity contribution in [3.63, 3.8) is 0 Å². The monoisotopic (exact) mass is 586 g/mol. The molecule has 41 heavy (non-hydrogen) atoms. The van der Waals surface area contributed by atoms with Gasteiger partial charge in [0.25, 0.3) is 0 Å². The van der Waals surface area contributed by atoms with Crippen LogP contribution in [-0.2, 0) is 24.0 Å². The Morgan fingerprint density at radius 3 is 1.15 bits per heavy atom. The minimum atomic E-state index is -0.228. The molecular weight excluding hydrogens is 532 g/mol. The molecule has 0 saturated carbocycles. The maximum Gasteiger partial charge on any atom is 0.235 e. The third-order valence-corrected chi connectivity index (χ3v) is 5.78. The summed E-state index contributed by atoms with van der Waals surface area (Å²) in [6, 6.07) is 0. The number of nitrogens with zero attached hydrogens (tertiary/aromatic N) is 6. The van der Waals surface area contributed by atoms with Crippen LogP contribution < -0.4 is 21.3 Å². The molecule has 0 aromatic rings. The van der Waals surface area contributed by atoms with E-state index in [2.05, 4.69) is 21.3 Å². The summed E-state index contributed by atoms with van der Waals surface area (Å²) in [7, 11) is 12.6. The zero-order valence-electron chi connectivity index (χ0n) is 26.4. The largest absolute Gasteiger partial charge is 0.358 e. The van der Waals surface area contributed by atoms with Gasteiger partial charge in [0.15, 0.2) is 0 Å². The lowest BCUT2D eigenvalue weighted by Gasteiger charge is -2.29. The Bertz CT molecular complexity index is 758. The minimum Gasteiger partial charge on any atom is -0.358 e. The van der Waals surface area contributed by atoms with Crippen LogP contribution in [0.2, 0.25) is 0 Å². The first-order valence-electron chi connectivity index (χ1n) is 13.9. The molecule has 0 atom stereocenters. The molecule has 238 valence electrons. The van der Waals surface area contributed by atoms with Crippen LogP contribution in [0.15, 0.2) is 0 Å². The van der Waals surface area contributed by atoms with Gasteiger partial charge < -0.3 is 21.3 Å². The number of ketones is 1. The standard InChI is InChI=1S/C26H54N10O5/c1-9-22(37)14-35(17-25(40)29-20-32(5)6)12-10-34(16-24(39)28-19-31(3)4)11-13-36(15-23(38)27-2)18-26(41)30-21-33(7)8/h9-21H2,1-8H3,(H,27,38)(H,28,39)(H,29,40)(H,30,41). The number of nitrogens with one attached hydrogen (secondary N) is 4. The van der Waals surface area contributed by atoms with E-state index in [-0.39, 0.29) is 62.1 Å². The minimum absolute atomic E-state index is 0.0150. The lowest BCUT2D eigenvalue weighted by molar-refractivity contribution is -0.126. The van der Waals surface area contributed by atoms with E-state index >= 15 is 0 Å². The van der Waals surface area contributed by atoms with E-state index in [4.69, 9.17) is 0 Å². The molecule has 0 spiro atoms. The molecule has 0 fully saturated rings. The van der Waals surface area contributed by atoms with Crippen molar-refractivity contribution in [1.82, 2.24) is 50.7 Å². The molecule has 0 aromatic heterocycles. The van der Waals surface area contributed by atoms with Crippen LogP contribution in [0, 0.1) is 0 Å². The highest BCUT2D eigenvalue weighted by Gasteiger charge is 2.20. The first-order valence-corrected chi connectivity index (χ1v) is 13.9. The fourth-order valence-corrected chi connectivity index (χ4v) is 3.42. The van der Waals surface area contributed by atoms with Crippen molar-refractivity contribution >= 4 is 29.4 Å². The fourth-order valence-electron chi connectivity index (χ4n) is 3.42. The summed E-state index contributed by atoms with van der Waals surface area (Å²) in [5.74, 6) is -0.806. The van der Waals surface area contributed by atoms with Gasteiger partial charge >= 0.3 is 0 Å². The second kappa shape index (κ2) is 22.0. The quantitative estimate of drug-likeness (QED) is 0.0884. The van der Waals surface area contributed by atoms with E-state index in [1.807, 2.05) is 61.9 Å². The fraction of sp³-hybridized carbons (Fsp3) is 0.808. The summed E-state index contributed by atoms with van der Waals surface area (Å²) >= 11 is 0. The maximum atomic E-state index is 12.7. The van der Waals surface area contributed by atoms with Crippen molar-refractivity contribution in [3.05, 3.63) is 0 Å². The van der Waals surface area contributed by atoms with Gasteiger partial charge in [-0.3, -0.25) is 53.4 Å². The van der Waals surface area contributed by atoms with Crippen LogP contribution >= 0.6 is 0 Å². The third kappa shape index (κ3) is 21.7. The molecule has 0 bridgehead atoms. The molecule has 0 heterocycles. The van der Waals surface area contributed by atoms with Gasteiger partial charge in [0.05, 0.1) is 52.7 Å². The lowest BCUT2D eigenvalue weighted by atomic mass is 10.2. The summed E-state index contributed by atoms with van der Waals surface area (Å²) in [4.78, 5) is 72.9. The van der Waals surface area contributed by atoms with E-state index in [9.17, 15) is 24.0 Å². The van der Waals surface area contributed by atoms with Gasteiger partial charge in [-0.25, -0.2) is 0 Å². The molecule has 0 aromatic carbocycles. The first kappa shape index (κ1) is 38.3. The molecule has 0 aliphatic heterocycles. The molecule has 15 nitrogen and oxygen atoms in total. The second-order valence-corrected chi connectivity index (χ2v) is 10.8. The molecule has 0 aliphatic rings.